The molecule has 1 aliphatic heterocycles. The number of rotatable bonds is 9. The van der Waals surface area contributed by atoms with Crippen molar-refractivity contribution in [2.75, 3.05) is 13.2 Å². The Kier molecular flexibility index (Phi) is 7.98. The van der Waals surface area contributed by atoms with Crippen molar-refractivity contribution >= 4 is 17.5 Å². The van der Waals surface area contributed by atoms with Crippen LogP contribution in [0.4, 0.5) is 4.39 Å². The Bertz CT molecular complexity index is 1070. The summed E-state index contributed by atoms with van der Waals surface area (Å²) in [6.45, 7) is 6.89. The molecule has 3 N–H and O–H groups in total. The highest BCUT2D eigenvalue weighted by atomic mass is 19.1. The van der Waals surface area contributed by atoms with Gasteiger partial charge < -0.3 is 19.3 Å². The van der Waals surface area contributed by atoms with Gasteiger partial charge in [0.1, 0.15) is 5.67 Å². The predicted molar refractivity (Wildman–Crippen MR) is 131 cm³/mol. The van der Waals surface area contributed by atoms with Gasteiger partial charge in [-0.1, -0.05) is 25.5 Å². The minimum absolute atomic E-state index is 0.0271. The molecule has 4 aliphatic rings. The van der Waals surface area contributed by atoms with E-state index >= 15 is 4.39 Å². The number of alkyl halides is 1. The van der Waals surface area contributed by atoms with Crippen LogP contribution in [0.1, 0.15) is 60.3 Å². The van der Waals surface area contributed by atoms with Crippen molar-refractivity contribution in [1.82, 2.24) is 5.39 Å². The average Bonchev–Trinajstić information content (AvgIpc) is 3.24. The Balaban J connectivity index is 1.62. The molecule has 0 radical (unpaired) electrons. The Hall–Kier alpha value is -2.06. The molecule has 0 bridgehead atoms. The van der Waals surface area contributed by atoms with E-state index in [4.69, 9.17) is 24.6 Å². The van der Waals surface area contributed by atoms with E-state index in [1.54, 1.807) is 26.8 Å². The van der Waals surface area contributed by atoms with Crippen LogP contribution in [0, 0.1) is 23.2 Å². The van der Waals surface area contributed by atoms with E-state index in [9.17, 15) is 19.5 Å². The lowest BCUT2D eigenvalue weighted by Gasteiger charge is -2.55. The lowest BCUT2D eigenvalue weighted by atomic mass is 9.53. The van der Waals surface area contributed by atoms with Crippen molar-refractivity contribution in [1.29, 1.82) is 0 Å². The highest BCUT2D eigenvalue weighted by molar-refractivity contribution is 6.00. The number of hydrogen-bond donors (Lipinski definition) is 3. The van der Waals surface area contributed by atoms with Gasteiger partial charge in [-0.2, -0.15) is 0 Å². The van der Waals surface area contributed by atoms with Crippen molar-refractivity contribution in [2.24, 2.45) is 23.2 Å². The molecule has 39 heavy (non-hydrogen) atoms. The minimum atomic E-state index is -1.97. The van der Waals surface area contributed by atoms with Crippen LogP contribution in [0.2, 0.25) is 0 Å². The Labute approximate surface area is 226 Å². The van der Waals surface area contributed by atoms with E-state index in [0.29, 0.717) is 12.8 Å². The number of hydrogen-bond acceptors (Lipinski definition) is 11. The summed E-state index contributed by atoms with van der Waals surface area (Å²) in [4.78, 5) is 42.0. The molecule has 2 saturated carbocycles. The van der Waals surface area contributed by atoms with Gasteiger partial charge in [0.15, 0.2) is 30.4 Å². The number of fused-ring (bicyclic) bond motifs is 3. The van der Waals surface area contributed by atoms with Crippen LogP contribution in [0.5, 0.6) is 0 Å². The normalized spacial score (nSPS) is 40.8. The Morgan fingerprint density at radius 3 is 2.56 bits per heavy atom. The molecule has 1 heterocycles. The summed E-state index contributed by atoms with van der Waals surface area (Å²) in [5.41, 5.74) is -3.79. The fraction of sp³-hybridized carbons (Fsp3) is 0.741. The van der Waals surface area contributed by atoms with E-state index < -0.39 is 76.9 Å². The molecule has 0 aromatic rings. The maximum atomic E-state index is 16.3. The van der Waals surface area contributed by atoms with Crippen molar-refractivity contribution in [3.63, 3.8) is 0 Å². The van der Waals surface area contributed by atoms with Crippen LogP contribution in [0.15, 0.2) is 23.8 Å². The van der Waals surface area contributed by atoms with Gasteiger partial charge in [-0.05, 0) is 76.4 Å². The van der Waals surface area contributed by atoms with Crippen molar-refractivity contribution in [2.45, 2.75) is 89.6 Å². The van der Waals surface area contributed by atoms with Gasteiger partial charge in [0.25, 0.3) is 0 Å². The third kappa shape index (κ3) is 5.23. The molecule has 3 aliphatic carbocycles. The Morgan fingerprint density at radius 2 is 1.90 bits per heavy atom. The fourth-order valence-electron chi connectivity index (χ4n) is 7.31. The lowest BCUT2D eigenvalue weighted by Crippen LogP contribution is -2.64. The zero-order valence-corrected chi connectivity index (χ0v) is 22.9. The number of halogens is 1. The molecule has 0 amide bonds. The Morgan fingerprint density at radius 1 is 1.21 bits per heavy atom. The monoisotopic (exact) mass is 555 g/mol. The molecule has 11 nitrogen and oxygen atoms in total. The van der Waals surface area contributed by atoms with Crippen LogP contribution >= 0.6 is 0 Å². The number of aliphatic hydroxyl groups is 1. The fourth-order valence-corrected chi connectivity index (χ4v) is 7.31. The smallest absolute Gasteiger partial charge is 0.334 e. The molecule has 0 aromatic carbocycles. The first-order valence-electron chi connectivity index (χ1n) is 13.2. The number of carbonyl (C=O) groups is 3. The number of ketones is 2. The molecular formula is C27H38FNO10. The molecule has 8 atom stereocenters. The van der Waals surface area contributed by atoms with E-state index in [1.807, 2.05) is 13.0 Å². The maximum absolute atomic E-state index is 16.3. The highest BCUT2D eigenvalue weighted by Gasteiger charge is 2.77. The summed E-state index contributed by atoms with van der Waals surface area (Å²) in [6.07, 6.45) is 3.71. The van der Waals surface area contributed by atoms with Crippen molar-refractivity contribution in [3.8, 4) is 0 Å². The predicted octanol–water partition coefficient (Wildman–Crippen LogP) is 2.62. The zero-order chi connectivity index (χ0) is 29.0. The highest BCUT2D eigenvalue weighted by Crippen LogP contribution is 2.68. The third-order valence-corrected chi connectivity index (χ3v) is 9.18. The summed E-state index contributed by atoms with van der Waals surface area (Å²) in [6, 6.07) is 0. The van der Waals surface area contributed by atoms with Gasteiger partial charge in [0.05, 0.1) is 17.6 Å². The largest absolute Gasteiger partial charge is 0.456 e. The molecule has 2 unspecified atom stereocenters. The van der Waals surface area contributed by atoms with Crippen LogP contribution in [-0.2, 0) is 33.4 Å². The van der Waals surface area contributed by atoms with E-state index in [2.05, 4.69) is 4.84 Å². The summed E-state index contributed by atoms with van der Waals surface area (Å²) < 4.78 is 33.8. The maximum Gasteiger partial charge on any atom is 0.334 e. The number of allylic oxidation sites excluding steroid dienone is 4. The number of Topliss-reactive ketones (excluding diaryl/α,β-unsaturated/α-hetero) is 1. The number of ether oxygens (including phenoxy) is 3. The zero-order valence-electron chi connectivity index (χ0n) is 22.9. The SMILES string of the molecule is C[C@@H]1C=CC(=O)C=C1CCC1[C@@H]2C[C@H]3OC(C)(C)O[C@@]3(C(=O)COC(=O)CON(O)O)C2(C)C[C@H](O)[C@@]1(C)F. The number of aliphatic hydroxyl groups excluding tert-OH is 1. The summed E-state index contributed by atoms with van der Waals surface area (Å²) in [7, 11) is 0. The molecule has 1 saturated heterocycles. The summed E-state index contributed by atoms with van der Waals surface area (Å²) >= 11 is 0. The second-order valence-corrected chi connectivity index (χ2v) is 12.0. The van der Waals surface area contributed by atoms with E-state index in [-0.39, 0.29) is 24.5 Å². The van der Waals surface area contributed by atoms with Crippen LogP contribution in [0.25, 0.3) is 0 Å². The second-order valence-electron chi connectivity index (χ2n) is 12.0. The molecule has 12 heteroatoms. The first-order chi connectivity index (χ1) is 18.0. The van der Waals surface area contributed by atoms with E-state index in [0.717, 1.165) is 5.57 Å². The van der Waals surface area contributed by atoms with E-state index in [1.165, 1.54) is 13.0 Å². The van der Waals surface area contributed by atoms with Crippen molar-refractivity contribution < 1.29 is 53.3 Å². The first-order valence-corrected chi connectivity index (χ1v) is 13.2. The van der Waals surface area contributed by atoms with Gasteiger partial charge in [0.2, 0.25) is 5.78 Å². The number of nitrogens with zero attached hydrogens (tertiary/aromatic N) is 1. The van der Waals surface area contributed by atoms with Gasteiger partial charge in [-0.15, -0.1) is 0 Å². The lowest BCUT2D eigenvalue weighted by molar-refractivity contribution is -0.489. The van der Waals surface area contributed by atoms with Crippen LogP contribution in [-0.4, -0.2) is 80.9 Å². The average molecular weight is 556 g/mol. The quantitative estimate of drug-likeness (QED) is 0.284. The molecule has 4 rings (SSSR count). The van der Waals surface area contributed by atoms with Gasteiger partial charge in [0, 0.05) is 5.41 Å². The first kappa shape index (κ1) is 29.9. The third-order valence-electron chi connectivity index (χ3n) is 9.18. The number of esters is 1. The van der Waals surface area contributed by atoms with Crippen LogP contribution in [0.3, 0.4) is 0 Å². The molecule has 3 fully saturated rings. The minimum Gasteiger partial charge on any atom is -0.456 e. The molecule has 0 spiro atoms. The number of carbonyl (C=O) groups excluding carboxylic acids is 3. The topological polar surface area (TPSA) is 152 Å². The standard InChI is InChI=1S/C27H38FNO10/c1-15-6-8-17(30)10-16(15)7-9-18-19-11-22-27(39-24(2,3)38-22,25(19,4)12-20(31)26(18,5)28)21(32)13-36-23(33)14-37-29(34)35/h6,8,10,15,18-20,22,31,34-35H,7,9,11-14H2,1-5H3/t15-,18?,19+,20+,22-,25?,26+,27-/m1/s1. The van der Waals surface area contributed by atoms with Crippen molar-refractivity contribution in [3.05, 3.63) is 23.8 Å². The molecule has 0 aromatic heterocycles. The van der Waals surface area contributed by atoms with Gasteiger partial charge in [-0.25, -0.2) is 14.0 Å². The molecule has 218 valence electrons. The van der Waals surface area contributed by atoms with Crippen LogP contribution < -0.4 is 0 Å². The summed E-state index contributed by atoms with van der Waals surface area (Å²) in [5, 5.41) is 27.7. The van der Waals surface area contributed by atoms with Gasteiger partial charge >= 0.3 is 5.97 Å². The summed E-state index contributed by atoms with van der Waals surface area (Å²) in [5.74, 6) is -3.99. The second kappa shape index (κ2) is 10.4. The molecular weight excluding hydrogens is 517 g/mol. The van der Waals surface area contributed by atoms with Gasteiger partial charge in [-0.3, -0.25) is 20.0 Å².